The maximum atomic E-state index is 12.3. The highest BCUT2D eigenvalue weighted by Crippen LogP contribution is 2.27. The minimum absolute atomic E-state index is 0.0702. The summed E-state index contributed by atoms with van der Waals surface area (Å²) in [4.78, 5) is 13.9. The van der Waals surface area contributed by atoms with Crippen molar-refractivity contribution in [1.82, 2.24) is 0 Å². The van der Waals surface area contributed by atoms with E-state index >= 15 is 0 Å². The first kappa shape index (κ1) is 17.5. The number of nitrogens with one attached hydrogen (secondary N) is 1. The highest BCUT2D eigenvalue weighted by molar-refractivity contribution is 7.91. The molecular weight excluding hydrogens is 336 g/mol. The van der Waals surface area contributed by atoms with Crippen LogP contribution >= 0.6 is 0 Å². The van der Waals surface area contributed by atoms with Crippen LogP contribution in [0, 0.1) is 6.92 Å². The number of hydrogen-bond acceptors (Lipinski definition) is 3. The van der Waals surface area contributed by atoms with Crippen molar-refractivity contribution >= 4 is 27.3 Å². The quantitative estimate of drug-likeness (QED) is 0.890. The molecule has 0 unspecified atom stereocenters. The lowest BCUT2D eigenvalue weighted by Crippen LogP contribution is -2.35. The summed E-state index contributed by atoms with van der Waals surface area (Å²) in [7, 11) is -3.48. The summed E-state index contributed by atoms with van der Waals surface area (Å²) in [5.41, 5.74) is 3.00. The van der Waals surface area contributed by atoms with Gasteiger partial charge < -0.3 is 4.90 Å². The molecule has 0 bridgehead atoms. The van der Waals surface area contributed by atoms with Crippen LogP contribution in [0.2, 0.25) is 0 Å². The number of carbonyl (C=O) groups is 1. The van der Waals surface area contributed by atoms with Gasteiger partial charge in [-0.15, -0.1) is 0 Å². The van der Waals surface area contributed by atoms with Crippen LogP contribution in [0.15, 0.2) is 48.5 Å². The van der Waals surface area contributed by atoms with E-state index in [0.717, 1.165) is 36.2 Å². The molecule has 2 aromatic rings. The number of aryl methyl sites for hydroxylation is 1. The molecule has 2 aromatic carbocycles. The fraction of sp³-hybridized carbons (Fsp3) is 0.316. The van der Waals surface area contributed by atoms with Crippen LogP contribution in [0.1, 0.15) is 30.4 Å². The number of nitrogens with zero attached hydrogens (tertiary/aromatic N) is 1. The van der Waals surface area contributed by atoms with Crippen LogP contribution in [0.4, 0.5) is 11.4 Å². The van der Waals surface area contributed by atoms with E-state index in [0.29, 0.717) is 12.1 Å². The molecule has 1 aliphatic heterocycles. The number of piperidine rings is 1. The fourth-order valence-electron chi connectivity index (χ4n) is 3.09. The standard InChI is InChI=1S/C19H22N2O3S/c1-15-13-17(10-11-18(15)21-12-6-5-9-19(21)22)20-25(23,24)14-16-7-3-2-4-8-16/h2-4,7-8,10-11,13,20H,5-6,9,12,14H2,1H3. The summed E-state index contributed by atoms with van der Waals surface area (Å²) in [6.45, 7) is 2.62. The summed E-state index contributed by atoms with van der Waals surface area (Å²) in [6.07, 6.45) is 2.51. The van der Waals surface area contributed by atoms with E-state index < -0.39 is 10.0 Å². The molecule has 1 aliphatic rings. The first-order valence-corrected chi connectivity index (χ1v) is 10.1. The van der Waals surface area contributed by atoms with Crippen molar-refractivity contribution in [3.05, 3.63) is 59.7 Å². The van der Waals surface area contributed by atoms with Crippen LogP contribution in [0.3, 0.4) is 0 Å². The van der Waals surface area contributed by atoms with Crippen molar-refractivity contribution in [2.45, 2.75) is 31.9 Å². The Labute approximate surface area is 148 Å². The van der Waals surface area contributed by atoms with E-state index in [2.05, 4.69) is 4.72 Å². The van der Waals surface area contributed by atoms with Gasteiger partial charge in [-0.25, -0.2) is 8.42 Å². The molecule has 3 rings (SSSR count). The SMILES string of the molecule is Cc1cc(NS(=O)(=O)Cc2ccccc2)ccc1N1CCCCC1=O. The Kier molecular flexibility index (Phi) is 5.08. The zero-order valence-corrected chi connectivity index (χ0v) is 15.1. The van der Waals surface area contributed by atoms with Crippen LogP contribution in [-0.2, 0) is 20.6 Å². The van der Waals surface area contributed by atoms with Gasteiger partial charge in [0.25, 0.3) is 0 Å². The molecule has 1 fully saturated rings. The van der Waals surface area contributed by atoms with Gasteiger partial charge >= 0.3 is 0 Å². The molecule has 1 saturated heterocycles. The molecule has 1 amide bonds. The van der Waals surface area contributed by atoms with Crippen molar-refractivity contribution < 1.29 is 13.2 Å². The van der Waals surface area contributed by atoms with Gasteiger partial charge in [0.2, 0.25) is 15.9 Å². The van der Waals surface area contributed by atoms with Gasteiger partial charge in [-0.2, -0.15) is 0 Å². The highest BCUT2D eigenvalue weighted by Gasteiger charge is 2.21. The Bertz CT molecular complexity index is 863. The Morgan fingerprint density at radius 2 is 1.84 bits per heavy atom. The molecule has 0 aromatic heterocycles. The first-order valence-electron chi connectivity index (χ1n) is 8.40. The Morgan fingerprint density at radius 3 is 2.52 bits per heavy atom. The summed E-state index contributed by atoms with van der Waals surface area (Å²) in [5.74, 6) is 0.0611. The monoisotopic (exact) mass is 358 g/mol. The van der Waals surface area contributed by atoms with Crippen LogP contribution in [-0.4, -0.2) is 20.9 Å². The molecule has 0 saturated carbocycles. The predicted molar refractivity (Wildman–Crippen MR) is 100 cm³/mol. The molecule has 25 heavy (non-hydrogen) atoms. The smallest absolute Gasteiger partial charge is 0.236 e. The number of benzene rings is 2. The predicted octanol–water partition coefficient (Wildman–Crippen LogP) is 3.45. The highest BCUT2D eigenvalue weighted by atomic mass is 32.2. The van der Waals surface area contributed by atoms with Gasteiger partial charge in [0.1, 0.15) is 0 Å². The molecule has 1 N–H and O–H groups in total. The lowest BCUT2D eigenvalue weighted by molar-refractivity contribution is -0.119. The van der Waals surface area contributed by atoms with Gasteiger partial charge in [0.05, 0.1) is 5.75 Å². The van der Waals surface area contributed by atoms with E-state index in [4.69, 9.17) is 0 Å². The number of carbonyl (C=O) groups excluding carboxylic acids is 1. The summed E-state index contributed by atoms with van der Waals surface area (Å²) in [5, 5.41) is 0. The largest absolute Gasteiger partial charge is 0.312 e. The Morgan fingerprint density at radius 1 is 1.08 bits per heavy atom. The first-order chi connectivity index (χ1) is 11.9. The lowest BCUT2D eigenvalue weighted by Gasteiger charge is -2.28. The third kappa shape index (κ3) is 4.39. The van der Waals surface area contributed by atoms with Gasteiger partial charge in [-0.3, -0.25) is 9.52 Å². The fourth-order valence-corrected chi connectivity index (χ4v) is 4.28. The van der Waals surface area contributed by atoms with E-state index in [-0.39, 0.29) is 11.7 Å². The van der Waals surface area contributed by atoms with Crippen molar-refractivity contribution in [2.75, 3.05) is 16.2 Å². The van der Waals surface area contributed by atoms with Crippen LogP contribution < -0.4 is 9.62 Å². The van der Waals surface area contributed by atoms with Gasteiger partial charge in [-0.1, -0.05) is 30.3 Å². The zero-order valence-electron chi connectivity index (χ0n) is 14.2. The van der Waals surface area contributed by atoms with Crippen LogP contribution in [0.25, 0.3) is 0 Å². The maximum absolute atomic E-state index is 12.3. The second-order valence-electron chi connectivity index (χ2n) is 6.35. The second kappa shape index (κ2) is 7.27. The van der Waals surface area contributed by atoms with Gasteiger partial charge in [-0.05, 0) is 49.1 Å². The maximum Gasteiger partial charge on any atom is 0.236 e. The third-order valence-corrected chi connectivity index (χ3v) is 5.54. The number of amides is 1. The summed E-state index contributed by atoms with van der Waals surface area (Å²) in [6, 6.07) is 14.4. The zero-order chi connectivity index (χ0) is 17.9. The molecule has 6 heteroatoms. The average molecular weight is 358 g/mol. The third-order valence-electron chi connectivity index (χ3n) is 4.28. The molecular formula is C19H22N2O3S. The minimum Gasteiger partial charge on any atom is -0.312 e. The molecule has 0 atom stereocenters. The van der Waals surface area contributed by atoms with Gasteiger partial charge in [0.15, 0.2) is 0 Å². The normalized spacial score (nSPS) is 15.2. The van der Waals surface area contributed by atoms with Crippen molar-refractivity contribution in [3.63, 3.8) is 0 Å². The Hall–Kier alpha value is -2.34. The molecule has 0 radical (unpaired) electrons. The molecule has 5 nitrogen and oxygen atoms in total. The molecule has 0 spiro atoms. The minimum atomic E-state index is -3.48. The number of anilines is 2. The van der Waals surface area contributed by atoms with E-state index in [1.807, 2.05) is 31.2 Å². The number of sulfonamides is 1. The van der Waals surface area contributed by atoms with Crippen LogP contribution in [0.5, 0.6) is 0 Å². The second-order valence-corrected chi connectivity index (χ2v) is 8.07. The molecule has 0 aliphatic carbocycles. The van der Waals surface area contributed by atoms with Crippen molar-refractivity contribution in [1.29, 1.82) is 0 Å². The van der Waals surface area contributed by atoms with Gasteiger partial charge in [0, 0.05) is 24.3 Å². The summed E-state index contributed by atoms with van der Waals surface area (Å²) >= 11 is 0. The van der Waals surface area contributed by atoms with E-state index in [9.17, 15) is 13.2 Å². The Balaban J connectivity index is 1.75. The van der Waals surface area contributed by atoms with E-state index in [1.54, 1.807) is 29.2 Å². The summed E-state index contributed by atoms with van der Waals surface area (Å²) < 4.78 is 27.3. The number of rotatable bonds is 5. The average Bonchev–Trinajstić information content (AvgIpc) is 2.56. The van der Waals surface area contributed by atoms with E-state index in [1.165, 1.54) is 0 Å². The lowest BCUT2D eigenvalue weighted by atomic mass is 10.1. The van der Waals surface area contributed by atoms with Crippen molar-refractivity contribution in [2.24, 2.45) is 0 Å². The molecule has 1 heterocycles. The molecule has 132 valence electrons. The van der Waals surface area contributed by atoms with Crippen molar-refractivity contribution in [3.8, 4) is 0 Å². The topological polar surface area (TPSA) is 66.5 Å². The number of hydrogen-bond donors (Lipinski definition) is 1.